The molecule has 0 amide bonds. The van der Waals surface area contributed by atoms with Gasteiger partial charge in [0.2, 0.25) is 0 Å². The maximum Gasteiger partial charge on any atom is 0.0955 e. The lowest BCUT2D eigenvalue weighted by Crippen LogP contribution is -2.27. The summed E-state index contributed by atoms with van der Waals surface area (Å²) in [5.41, 5.74) is 3.01. The van der Waals surface area contributed by atoms with Crippen molar-refractivity contribution in [3.8, 4) is 6.07 Å². The minimum atomic E-state index is -0.324. The van der Waals surface area contributed by atoms with E-state index in [1.165, 1.54) is 5.56 Å². The quantitative estimate of drug-likeness (QED) is 0.894. The number of nitriles is 1. The summed E-state index contributed by atoms with van der Waals surface area (Å²) in [6.07, 6.45) is 1.82. The Morgan fingerprint density at radius 1 is 1.44 bits per heavy atom. The number of nitrogens with zero attached hydrogens (tertiary/aromatic N) is 3. The number of rotatable bonds is 4. The highest BCUT2D eigenvalue weighted by atomic mass is 15.0. The number of aryl methyl sites for hydroxylation is 1. The molecule has 1 heterocycles. The molecule has 4 heteroatoms. The summed E-state index contributed by atoms with van der Waals surface area (Å²) >= 11 is 0. The Bertz CT molecular complexity index is 589. The maximum absolute atomic E-state index is 8.93. The van der Waals surface area contributed by atoms with Crippen LogP contribution in [0.4, 0.5) is 0 Å². The van der Waals surface area contributed by atoms with Gasteiger partial charge in [-0.15, -0.1) is 0 Å². The van der Waals surface area contributed by atoms with E-state index in [0.29, 0.717) is 6.54 Å². The van der Waals surface area contributed by atoms with Gasteiger partial charge in [-0.05, 0) is 31.5 Å². The molecule has 1 aromatic carbocycles. The molecule has 4 nitrogen and oxygen atoms in total. The van der Waals surface area contributed by atoms with Gasteiger partial charge in [-0.1, -0.05) is 6.07 Å². The second kappa shape index (κ2) is 4.79. The highest BCUT2D eigenvalue weighted by Crippen LogP contribution is 2.15. The van der Waals surface area contributed by atoms with Crippen molar-refractivity contribution in [2.75, 3.05) is 6.54 Å². The zero-order valence-corrected chi connectivity index (χ0v) is 11.1. The van der Waals surface area contributed by atoms with Crippen LogP contribution in [0.2, 0.25) is 0 Å². The molecule has 0 atom stereocenters. The number of nitrogens with one attached hydrogen (secondary N) is 1. The Hall–Kier alpha value is -1.86. The van der Waals surface area contributed by atoms with Gasteiger partial charge in [-0.3, -0.25) is 0 Å². The first-order chi connectivity index (χ1) is 8.52. The molecule has 0 saturated heterocycles. The molecule has 18 heavy (non-hydrogen) atoms. The molecule has 0 aliphatic carbocycles. The average Bonchev–Trinajstić information content (AvgIpc) is 2.71. The van der Waals surface area contributed by atoms with Crippen LogP contribution in [-0.4, -0.2) is 16.1 Å². The minimum Gasteiger partial charge on any atom is -0.334 e. The van der Waals surface area contributed by atoms with Gasteiger partial charge in [0, 0.05) is 20.1 Å². The Balaban J connectivity index is 2.03. The fourth-order valence-corrected chi connectivity index (χ4v) is 1.85. The van der Waals surface area contributed by atoms with E-state index in [1.807, 2.05) is 31.8 Å². The topological polar surface area (TPSA) is 53.6 Å². The lowest BCUT2D eigenvalue weighted by Gasteiger charge is -2.15. The second-order valence-corrected chi connectivity index (χ2v) is 5.28. The summed E-state index contributed by atoms with van der Waals surface area (Å²) < 4.78 is 2.01. The molecule has 0 saturated carbocycles. The van der Waals surface area contributed by atoms with Gasteiger partial charge in [-0.2, -0.15) is 5.26 Å². The van der Waals surface area contributed by atoms with Crippen LogP contribution in [0.15, 0.2) is 24.5 Å². The van der Waals surface area contributed by atoms with Crippen LogP contribution in [0.1, 0.15) is 19.4 Å². The molecule has 2 rings (SSSR count). The second-order valence-electron chi connectivity index (χ2n) is 5.28. The number of fused-ring (bicyclic) bond motifs is 1. The van der Waals surface area contributed by atoms with E-state index in [4.69, 9.17) is 5.26 Å². The van der Waals surface area contributed by atoms with Crippen molar-refractivity contribution in [2.24, 2.45) is 12.5 Å². The molecular weight excluding hydrogens is 224 g/mol. The van der Waals surface area contributed by atoms with Crippen LogP contribution in [0.3, 0.4) is 0 Å². The van der Waals surface area contributed by atoms with Gasteiger partial charge in [0.1, 0.15) is 0 Å². The van der Waals surface area contributed by atoms with Crippen LogP contribution in [0.5, 0.6) is 0 Å². The Morgan fingerprint density at radius 2 is 2.22 bits per heavy atom. The van der Waals surface area contributed by atoms with Gasteiger partial charge in [0.15, 0.2) is 0 Å². The molecular formula is C14H18N4. The monoisotopic (exact) mass is 242 g/mol. The summed E-state index contributed by atoms with van der Waals surface area (Å²) in [5, 5.41) is 12.2. The minimum absolute atomic E-state index is 0.324. The number of hydrogen-bond acceptors (Lipinski definition) is 3. The number of aromatic nitrogens is 2. The molecule has 0 spiro atoms. The third-order valence-corrected chi connectivity index (χ3v) is 2.99. The van der Waals surface area contributed by atoms with E-state index < -0.39 is 0 Å². The van der Waals surface area contributed by atoms with E-state index in [9.17, 15) is 0 Å². The maximum atomic E-state index is 8.93. The first-order valence-electron chi connectivity index (χ1n) is 6.04. The SMILES string of the molecule is Cn1cnc2cc(CNCC(C)(C)C#N)ccc21. The van der Waals surface area contributed by atoms with Crippen molar-refractivity contribution in [2.45, 2.75) is 20.4 Å². The van der Waals surface area contributed by atoms with Crippen LogP contribution >= 0.6 is 0 Å². The van der Waals surface area contributed by atoms with Crippen molar-refractivity contribution in [3.63, 3.8) is 0 Å². The first-order valence-corrected chi connectivity index (χ1v) is 6.04. The summed E-state index contributed by atoms with van der Waals surface area (Å²) in [5.74, 6) is 0. The molecule has 0 fully saturated rings. The van der Waals surface area contributed by atoms with E-state index in [-0.39, 0.29) is 5.41 Å². The lowest BCUT2D eigenvalue weighted by atomic mass is 9.96. The van der Waals surface area contributed by atoms with Crippen molar-refractivity contribution in [1.82, 2.24) is 14.9 Å². The molecule has 0 radical (unpaired) electrons. The van der Waals surface area contributed by atoms with E-state index >= 15 is 0 Å². The lowest BCUT2D eigenvalue weighted by molar-refractivity contribution is 0.445. The van der Waals surface area contributed by atoms with Crippen LogP contribution in [-0.2, 0) is 13.6 Å². The van der Waals surface area contributed by atoms with Crippen molar-refractivity contribution in [3.05, 3.63) is 30.1 Å². The van der Waals surface area contributed by atoms with Gasteiger partial charge in [0.25, 0.3) is 0 Å². The van der Waals surface area contributed by atoms with Crippen LogP contribution in [0.25, 0.3) is 11.0 Å². The Kier molecular flexibility index (Phi) is 3.35. The summed E-state index contributed by atoms with van der Waals surface area (Å²) in [4.78, 5) is 4.33. The average molecular weight is 242 g/mol. The number of imidazole rings is 1. The van der Waals surface area contributed by atoms with E-state index in [1.54, 1.807) is 0 Å². The first kappa shape index (κ1) is 12.6. The third-order valence-electron chi connectivity index (χ3n) is 2.99. The molecule has 0 aliphatic heterocycles. The Labute approximate surface area is 107 Å². The summed E-state index contributed by atoms with van der Waals surface area (Å²) in [6.45, 7) is 5.31. The van der Waals surface area contributed by atoms with Gasteiger partial charge < -0.3 is 9.88 Å². The molecule has 94 valence electrons. The molecule has 0 aliphatic rings. The van der Waals surface area contributed by atoms with Crippen molar-refractivity contribution < 1.29 is 0 Å². The van der Waals surface area contributed by atoms with Crippen LogP contribution < -0.4 is 5.32 Å². The highest BCUT2D eigenvalue weighted by Gasteiger charge is 2.15. The van der Waals surface area contributed by atoms with Gasteiger partial charge in [-0.25, -0.2) is 4.98 Å². The summed E-state index contributed by atoms with van der Waals surface area (Å²) in [6, 6.07) is 8.54. The Morgan fingerprint density at radius 3 is 2.94 bits per heavy atom. The predicted molar refractivity (Wildman–Crippen MR) is 71.8 cm³/mol. The number of benzene rings is 1. The zero-order chi connectivity index (χ0) is 13.2. The van der Waals surface area contributed by atoms with Gasteiger partial charge in [0.05, 0.1) is 28.8 Å². The molecule has 0 unspecified atom stereocenters. The number of hydrogen-bond donors (Lipinski definition) is 1. The largest absolute Gasteiger partial charge is 0.334 e. The third kappa shape index (κ3) is 2.69. The fraction of sp³-hybridized carbons (Fsp3) is 0.429. The molecule has 0 bridgehead atoms. The van der Waals surface area contributed by atoms with Crippen molar-refractivity contribution >= 4 is 11.0 Å². The standard InChI is InChI=1S/C14H18N4/c1-14(2,8-15)9-16-7-11-4-5-13-12(6-11)17-10-18(13)3/h4-6,10,16H,7,9H2,1-3H3. The molecule has 1 N–H and O–H groups in total. The zero-order valence-electron chi connectivity index (χ0n) is 11.1. The van der Waals surface area contributed by atoms with E-state index in [2.05, 4.69) is 34.6 Å². The highest BCUT2D eigenvalue weighted by molar-refractivity contribution is 5.75. The fourth-order valence-electron chi connectivity index (χ4n) is 1.85. The van der Waals surface area contributed by atoms with Crippen LogP contribution in [0, 0.1) is 16.7 Å². The van der Waals surface area contributed by atoms with Gasteiger partial charge >= 0.3 is 0 Å². The molecule has 1 aromatic heterocycles. The van der Waals surface area contributed by atoms with E-state index in [0.717, 1.165) is 17.6 Å². The normalized spacial score (nSPS) is 11.7. The summed E-state index contributed by atoms with van der Waals surface area (Å²) in [7, 11) is 1.99. The van der Waals surface area contributed by atoms with Crippen molar-refractivity contribution in [1.29, 1.82) is 5.26 Å². The predicted octanol–water partition coefficient (Wildman–Crippen LogP) is 2.21. The smallest absolute Gasteiger partial charge is 0.0955 e. The molecule has 2 aromatic rings.